The van der Waals surface area contributed by atoms with Crippen LogP contribution in [0, 0.1) is 0 Å². The zero-order valence-corrected chi connectivity index (χ0v) is 21.9. The van der Waals surface area contributed by atoms with Crippen LogP contribution in [0.25, 0.3) is 0 Å². The van der Waals surface area contributed by atoms with Crippen LogP contribution in [0.4, 0.5) is 0 Å². The molecular formula is C34H35N3O. The van der Waals surface area contributed by atoms with Crippen molar-refractivity contribution in [2.24, 2.45) is 0 Å². The first kappa shape index (κ1) is 24.6. The number of nitrogens with one attached hydrogen (secondary N) is 1. The molecule has 0 atom stereocenters. The molecule has 4 nitrogen and oxygen atoms in total. The third-order valence-electron chi connectivity index (χ3n) is 7.89. The van der Waals surface area contributed by atoms with Crippen molar-refractivity contribution in [2.75, 3.05) is 13.1 Å². The van der Waals surface area contributed by atoms with Crippen molar-refractivity contribution in [3.63, 3.8) is 0 Å². The lowest BCUT2D eigenvalue weighted by Gasteiger charge is -2.28. The molecule has 0 aromatic heterocycles. The maximum atomic E-state index is 12.8. The fourth-order valence-corrected chi connectivity index (χ4v) is 5.78. The lowest BCUT2D eigenvalue weighted by Crippen LogP contribution is -2.30. The molecule has 2 aliphatic heterocycles. The number of fused-ring (bicyclic) bond motifs is 2. The van der Waals surface area contributed by atoms with Crippen LogP contribution in [0.15, 0.2) is 97.1 Å². The highest BCUT2D eigenvalue weighted by molar-refractivity contribution is 5.94. The number of hydrogen-bond donors (Lipinski definition) is 1. The number of carbonyl (C=O) groups excluding carboxylic acids is 1. The van der Waals surface area contributed by atoms with Gasteiger partial charge in [0.2, 0.25) is 0 Å². The molecule has 2 heterocycles. The van der Waals surface area contributed by atoms with Gasteiger partial charge in [-0.25, -0.2) is 0 Å². The molecule has 0 saturated carbocycles. The Bertz CT molecular complexity index is 1410. The van der Waals surface area contributed by atoms with Crippen LogP contribution in [0.1, 0.15) is 49.3 Å². The zero-order chi connectivity index (χ0) is 25.7. The number of benzene rings is 4. The topological polar surface area (TPSA) is 35.6 Å². The molecule has 1 N–H and O–H groups in total. The smallest absolute Gasteiger partial charge is 0.251 e. The van der Waals surface area contributed by atoms with Gasteiger partial charge in [0, 0.05) is 51.4 Å². The molecule has 4 heteroatoms. The normalized spacial score (nSPS) is 15.5. The summed E-state index contributed by atoms with van der Waals surface area (Å²) in [5, 5.41) is 3.11. The lowest BCUT2D eigenvalue weighted by molar-refractivity contribution is 0.0951. The van der Waals surface area contributed by atoms with Gasteiger partial charge in [-0.3, -0.25) is 14.6 Å². The van der Waals surface area contributed by atoms with Crippen molar-refractivity contribution in [3.8, 4) is 0 Å². The van der Waals surface area contributed by atoms with E-state index >= 15 is 0 Å². The van der Waals surface area contributed by atoms with Gasteiger partial charge in [0.25, 0.3) is 5.91 Å². The van der Waals surface area contributed by atoms with Gasteiger partial charge in [0.15, 0.2) is 0 Å². The molecule has 0 radical (unpaired) electrons. The summed E-state index contributed by atoms with van der Waals surface area (Å²) >= 11 is 0. The van der Waals surface area contributed by atoms with Crippen molar-refractivity contribution in [1.82, 2.24) is 15.1 Å². The monoisotopic (exact) mass is 501 g/mol. The summed E-state index contributed by atoms with van der Waals surface area (Å²) in [5.74, 6) is -0.0264. The van der Waals surface area contributed by atoms with Crippen molar-refractivity contribution < 1.29 is 4.79 Å². The average Bonchev–Trinajstić information content (AvgIpc) is 2.96. The molecule has 0 bridgehead atoms. The molecule has 0 aliphatic carbocycles. The fraction of sp³-hybridized carbons (Fsp3) is 0.265. The second-order valence-corrected chi connectivity index (χ2v) is 10.7. The van der Waals surface area contributed by atoms with Crippen LogP contribution in [0.2, 0.25) is 0 Å². The molecule has 38 heavy (non-hydrogen) atoms. The van der Waals surface area contributed by atoms with E-state index in [2.05, 4.69) is 100 Å². The molecule has 2 aliphatic rings. The molecule has 0 unspecified atom stereocenters. The van der Waals surface area contributed by atoms with E-state index < -0.39 is 0 Å². The molecule has 1 amide bonds. The van der Waals surface area contributed by atoms with Gasteiger partial charge in [0.05, 0.1) is 0 Å². The van der Waals surface area contributed by atoms with E-state index in [-0.39, 0.29) is 5.91 Å². The first-order valence-electron chi connectivity index (χ1n) is 13.7. The number of nitrogens with zero attached hydrogens (tertiary/aromatic N) is 2. The molecule has 6 rings (SSSR count). The van der Waals surface area contributed by atoms with Crippen LogP contribution in [-0.4, -0.2) is 28.8 Å². The molecule has 4 aromatic carbocycles. The minimum atomic E-state index is -0.0264. The Labute approximate surface area is 225 Å². The van der Waals surface area contributed by atoms with Gasteiger partial charge < -0.3 is 5.32 Å². The van der Waals surface area contributed by atoms with E-state index in [0.717, 1.165) is 57.7 Å². The molecule has 0 saturated heterocycles. The third-order valence-corrected chi connectivity index (χ3v) is 7.89. The van der Waals surface area contributed by atoms with Crippen LogP contribution in [0.5, 0.6) is 0 Å². The SMILES string of the molecule is O=C(NCc1cccc(CN2CCc3ccccc3C2)c1)c1ccc(CN2CCc3ccccc3C2)cc1. The highest BCUT2D eigenvalue weighted by Gasteiger charge is 2.17. The molecule has 0 spiro atoms. The third kappa shape index (κ3) is 5.88. The van der Waals surface area contributed by atoms with Gasteiger partial charge in [-0.05, 0) is 63.9 Å². The number of amides is 1. The summed E-state index contributed by atoms with van der Waals surface area (Å²) in [6, 6.07) is 34.2. The number of hydrogen-bond acceptors (Lipinski definition) is 3. The Kier molecular flexibility index (Phi) is 7.34. The van der Waals surface area contributed by atoms with E-state index in [0.29, 0.717) is 12.1 Å². The highest BCUT2D eigenvalue weighted by Crippen LogP contribution is 2.22. The average molecular weight is 502 g/mol. The van der Waals surface area contributed by atoms with E-state index in [1.54, 1.807) is 0 Å². The highest BCUT2D eigenvalue weighted by atomic mass is 16.1. The van der Waals surface area contributed by atoms with Crippen molar-refractivity contribution in [1.29, 1.82) is 0 Å². The van der Waals surface area contributed by atoms with Gasteiger partial charge in [-0.1, -0.05) is 84.9 Å². The lowest BCUT2D eigenvalue weighted by atomic mass is 9.99. The zero-order valence-electron chi connectivity index (χ0n) is 21.9. The van der Waals surface area contributed by atoms with Crippen LogP contribution in [-0.2, 0) is 45.6 Å². The summed E-state index contributed by atoms with van der Waals surface area (Å²) in [6.07, 6.45) is 2.21. The van der Waals surface area contributed by atoms with E-state index in [1.807, 2.05) is 12.1 Å². The molecule has 0 fully saturated rings. The van der Waals surface area contributed by atoms with Crippen molar-refractivity contribution in [3.05, 3.63) is 142 Å². The quantitative estimate of drug-likeness (QED) is 0.351. The summed E-state index contributed by atoms with van der Waals surface area (Å²) in [6.45, 7) is 6.51. The number of carbonyl (C=O) groups is 1. The Balaban J connectivity index is 1.00. The molecule has 192 valence electrons. The van der Waals surface area contributed by atoms with Crippen LogP contribution >= 0.6 is 0 Å². The first-order valence-corrected chi connectivity index (χ1v) is 13.7. The van der Waals surface area contributed by atoms with Gasteiger partial charge >= 0.3 is 0 Å². The number of rotatable bonds is 7. The predicted octanol–water partition coefficient (Wildman–Crippen LogP) is 5.73. The van der Waals surface area contributed by atoms with E-state index in [4.69, 9.17) is 0 Å². The first-order chi connectivity index (χ1) is 18.7. The summed E-state index contributed by atoms with van der Waals surface area (Å²) in [7, 11) is 0. The van der Waals surface area contributed by atoms with Gasteiger partial charge in [0.1, 0.15) is 0 Å². The van der Waals surface area contributed by atoms with Crippen LogP contribution < -0.4 is 5.32 Å². The summed E-state index contributed by atoms with van der Waals surface area (Å²) < 4.78 is 0. The summed E-state index contributed by atoms with van der Waals surface area (Å²) in [5.41, 5.74) is 10.2. The van der Waals surface area contributed by atoms with Crippen LogP contribution in [0.3, 0.4) is 0 Å². The minimum absolute atomic E-state index is 0.0264. The van der Waals surface area contributed by atoms with Crippen molar-refractivity contribution >= 4 is 5.91 Å². The van der Waals surface area contributed by atoms with E-state index in [9.17, 15) is 4.79 Å². The van der Waals surface area contributed by atoms with E-state index in [1.165, 1.54) is 33.4 Å². The second-order valence-electron chi connectivity index (χ2n) is 10.7. The fourth-order valence-electron chi connectivity index (χ4n) is 5.78. The second kappa shape index (κ2) is 11.3. The minimum Gasteiger partial charge on any atom is -0.348 e. The Hall–Kier alpha value is -3.73. The van der Waals surface area contributed by atoms with Gasteiger partial charge in [-0.15, -0.1) is 0 Å². The Morgan fingerprint density at radius 1 is 0.605 bits per heavy atom. The summed E-state index contributed by atoms with van der Waals surface area (Å²) in [4.78, 5) is 17.8. The predicted molar refractivity (Wildman–Crippen MR) is 153 cm³/mol. The molecule has 4 aromatic rings. The Morgan fingerprint density at radius 2 is 1.16 bits per heavy atom. The molecular weight excluding hydrogens is 466 g/mol. The Morgan fingerprint density at radius 3 is 1.79 bits per heavy atom. The maximum absolute atomic E-state index is 12.8. The standard InChI is InChI=1S/C34H35N3O/c38-34(31-14-12-26(13-15-31)22-36-18-16-29-8-1-3-10-32(29)24-36)35-21-27-6-5-7-28(20-27)23-37-19-17-30-9-2-4-11-33(30)25-37/h1-15,20H,16-19,21-25H2,(H,35,38). The largest absolute Gasteiger partial charge is 0.348 e. The maximum Gasteiger partial charge on any atom is 0.251 e. The van der Waals surface area contributed by atoms with Crippen molar-refractivity contribution in [2.45, 2.75) is 45.6 Å². The van der Waals surface area contributed by atoms with Gasteiger partial charge in [-0.2, -0.15) is 0 Å².